The molecule has 178 valence electrons. The maximum atomic E-state index is 14.2. The van der Waals surface area contributed by atoms with Crippen molar-refractivity contribution in [3.05, 3.63) is 83.9 Å². The van der Waals surface area contributed by atoms with Crippen LogP contribution in [0.4, 0.5) is 13.2 Å². The van der Waals surface area contributed by atoms with E-state index in [-0.39, 0.29) is 18.5 Å². The number of rotatable bonds is 8. The number of likely N-dealkylation sites (N-methyl/N-ethyl adjacent to an activating group) is 1. The number of carbonyl (C=O) groups is 3. The summed E-state index contributed by atoms with van der Waals surface area (Å²) in [5.74, 6) is -3.19. The summed E-state index contributed by atoms with van der Waals surface area (Å²) in [5, 5.41) is 17.9. The Morgan fingerprint density at radius 2 is 1.33 bits per heavy atom. The molecule has 0 aliphatic rings. The molecule has 2 aromatic rings. The number of nitrogens with one attached hydrogen (secondary N) is 1. The number of carbonyl (C=O) groups excluding carboxylic acids is 1. The minimum atomic E-state index is -4.66. The van der Waals surface area contributed by atoms with E-state index in [4.69, 9.17) is 10.2 Å². The Hall–Kier alpha value is -3.66. The van der Waals surface area contributed by atoms with Gasteiger partial charge in [-0.3, -0.25) is 4.79 Å². The van der Waals surface area contributed by atoms with Crippen LogP contribution in [0, 0.1) is 0 Å². The van der Waals surface area contributed by atoms with Gasteiger partial charge in [0.15, 0.2) is 5.54 Å². The van der Waals surface area contributed by atoms with Crippen LogP contribution in [0.25, 0.3) is 0 Å². The summed E-state index contributed by atoms with van der Waals surface area (Å²) in [4.78, 5) is 32.9. The zero-order chi connectivity index (χ0) is 25.1. The van der Waals surface area contributed by atoms with E-state index in [9.17, 15) is 27.6 Å². The number of amides is 1. The molecule has 0 radical (unpaired) electrons. The lowest BCUT2D eigenvalue weighted by molar-refractivity contribution is -0.202. The number of hydrogen-bond acceptors (Lipinski definition) is 4. The van der Waals surface area contributed by atoms with Crippen molar-refractivity contribution in [3.8, 4) is 0 Å². The predicted octanol–water partition coefficient (Wildman–Crippen LogP) is 3.08. The molecule has 1 atom stereocenters. The van der Waals surface area contributed by atoms with E-state index in [1.165, 1.54) is 17.0 Å². The summed E-state index contributed by atoms with van der Waals surface area (Å²) in [7, 11) is 3.27. The maximum absolute atomic E-state index is 14.2. The van der Waals surface area contributed by atoms with E-state index < -0.39 is 29.6 Å². The van der Waals surface area contributed by atoms with E-state index in [0.717, 1.165) is 0 Å². The summed E-state index contributed by atoms with van der Waals surface area (Å²) >= 11 is 0. The summed E-state index contributed by atoms with van der Waals surface area (Å²) in [5.41, 5.74) is -1.98. The minimum absolute atomic E-state index is 0.0125. The highest BCUT2D eigenvalue weighted by atomic mass is 19.4. The van der Waals surface area contributed by atoms with Crippen molar-refractivity contribution in [3.63, 3.8) is 0 Å². The molecule has 2 rings (SSSR count). The van der Waals surface area contributed by atoms with Gasteiger partial charge in [-0.25, -0.2) is 9.59 Å². The second-order valence-corrected chi connectivity index (χ2v) is 7.23. The Labute approximate surface area is 189 Å². The number of aliphatic carboxylic acids is 2. The molecule has 0 saturated carbocycles. The second-order valence-electron chi connectivity index (χ2n) is 7.23. The molecule has 1 amide bonds. The first-order valence-corrected chi connectivity index (χ1v) is 9.63. The average Bonchev–Trinajstić information content (AvgIpc) is 2.72. The van der Waals surface area contributed by atoms with Crippen LogP contribution in [-0.4, -0.2) is 59.8 Å². The van der Waals surface area contributed by atoms with Crippen molar-refractivity contribution in [1.29, 1.82) is 0 Å². The van der Waals surface area contributed by atoms with E-state index in [1.807, 2.05) is 0 Å². The summed E-state index contributed by atoms with van der Waals surface area (Å²) in [6.07, 6.45) is -3.92. The third kappa shape index (κ3) is 9.16. The smallest absolute Gasteiger partial charge is 0.416 e. The van der Waals surface area contributed by atoms with Crippen LogP contribution in [0.15, 0.2) is 72.8 Å². The molecule has 0 heterocycles. The molecule has 1 unspecified atom stereocenters. The molecule has 0 bridgehead atoms. The average molecular weight is 466 g/mol. The third-order valence-electron chi connectivity index (χ3n) is 4.24. The lowest BCUT2D eigenvalue weighted by Crippen LogP contribution is -2.58. The molecule has 33 heavy (non-hydrogen) atoms. The number of halogens is 3. The fourth-order valence-electron chi connectivity index (χ4n) is 2.89. The quantitative estimate of drug-likeness (QED) is 0.517. The number of alkyl halides is 3. The van der Waals surface area contributed by atoms with Gasteiger partial charge in [0.1, 0.15) is 0 Å². The van der Waals surface area contributed by atoms with Gasteiger partial charge in [-0.15, -0.1) is 0 Å². The van der Waals surface area contributed by atoms with Crippen LogP contribution in [0.3, 0.4) is 0 Å². The Kier molecular flexibility index (Phi) is 10.3. The number of benzene rings is 2. The highest BCUT2D eigenvalue weighted by Gasteiger charge is 2.56. The van der Waals surface area contributed by atoms with Crippen molar-refractivity contribution < 1.29 is 37.8 Å². The van der Waals surface area contributed by atoms with E-state index in [2.05, 4.69) is 5.32 Å². The molecule has 7 nitrogen and oxygen atoms in total. The molecular formula is C23H25F3N2O5. The lowest BCUT2D eigenvalue weighted by atomic mass is 9.82. The highest BCUT2D eigenvalue weighted by molar-refractivity contribution is 5.89. The molecule has 10 heteroatoms. The van der Waals surface area contributed by atoms with Crippen molar-refractivity contribution >= 4 is 17.8 Å². The van der Waals surface area contributed by atoms with E-state index in [0.29, 0.717) is 17.7 Å². The van der Waals surface area contributed by atoms with Gasteiger partial charge in [-0.05, 0) is 25.2 Å². The van der Waals surface area contributed by atoms with Crippen LogP contribution in [0.2, 0.25) is 0 Å². The zero-order valence-electron chi connectivity index (χ0n) is 18.0. The van der Waals surface area contributed by atoms with Crippen LogP contribution >= 0.6 is 0 Å². The largest absolute Gasteiger partial charge is 0.478 e. The van der Waals surface area contributed by atoms with Crippen molar-refractivity contribution in [1.82, 2.24) is 10.2 Å². The Morgan fingerprint density at radius 3 is 1.73 bits per heavy atom. The minimum Gasteiger partial charge on any atom is -0.478 e. The van der Waals surface area contributed by atoms with Crippen LogP contribution in [0.5, 0.6) is 0 Å². The van der Waals surface area contributed by atoms with Gasteiger partial charge in [-0.2, -0.15) is 13.2 Å². The van der Waals surface area contributed by atoms with Crippen molar-refractivity contribution in [2.24, 2.45) is 0 Å². The van der Waals surface area contributed by atoms with Gasteiger partial charge in [0.25, 0.3) is 0 Å². The SMILES string of the molecule is CN(C)CC(=O)NC(Cc1ccccc1)(c1ccccc1)C(F)(F)F.O=C(O)C=CC(=O)O. The van der Waals surface area contributed by atoms with Crippen molar-refractivity contribution in [2.75, 3.05) is 20.6 Å². The standard InChI is InChI=1S/C19H21F3N2O.C4H4O4/c1-24(2)14-17(25)23-18(19(20,21)22,16-11-7-4-8-12-16)13-15-9-5-3-6-10-15;5-3(6)1-2-4(7)8/h3-12H,13-14H2,1-2H3,(H,23,25);1-2H,(H,5,6)(H,7,8). The molecule has 3 N–H and O–H groups in total. The molecule has 2 aromatic carbocycles. The zero-order valence-corrected chi connectivity index (χ0v) is 18.0. The van der Waals surface area contributed by atoms with Gasteiger partial charge < -0.3 is 20.4 Å². The second kappa shape index (κ2) is 12.4. The molecule has 0 spiro atoms. The first kappa shape index (κ1) is 27.4. The molecular weight excluding hydrogens is 441 g/mol. The topological polar surface area (TPSA) is 107 Å². The third-order valence-corrected chi connectivity index (χ3v) is 4.24. The Bertz CT molecular complexity index is 932. The number of carboxylic acid groups (broad SMARTS) is 2. The highest BCUT2D eigenvalue weighted by Crippen LogP contribution is 2.41. The molecule has 0 aromatic heterocycles. The fraction of sp³-hybridized carbons (Fsp3) is 0.261. The monoisotopic (exact) mass is 466 g/mol. The van der Waals surface area contributed by atoms with Gasteiger partial charge in [0.05, 0.1) is 6.54 Å². The summed E-state index contributed by atoms with van der Waals surface area (Å²) in [6.45, 7) is -0.126. The van der Waals surface area contributed by atoms with Crippen LogP contribution < -0.4 is 5.32 Å². The summed E-state index contributed by atoms with van der Waals surface area (Å²) in [6, 6.07) is 15.9. The first-order chi connectivity index (χ1) is 15.4. The normalized spacial score (nSPS) is 13.0. The Balaban J connectivity index is 0.000000582. The fourth-order valence-corrected chi connectivity index (χ4v) is 2.89. The van der Waals surface area contributed by atoms with E-state index >= 15 is 0 Å². The van der Waals surface area contributed by atoms with Gasteiger partial charge >= 0.3 is 18.1 Å². The number of nitrogens with zero attached hydrogens (tertiary/aromatic N) is 1. The Morgan fingerprint density at radius 1 is 0.879 bits per heavy atom. The maximum Gasteiger partial charge on any atom is 0.416 e. The predicted molar refractivity (Wildman–Crippen MR) is 115 cm³/mol. The number of carboxylic acids is 2. The molecule has 0 fully saturated rings. The summed E-state index contributed by atoms with van der Waals surface area (Å²) < 4.78 is 42.6. The van der Waals surface area contributed by atoms with Gasteiger partial charge in [-0.1, -0.05) is 60.7 Å². The van der Waals surface area contributed by atoms with Crippen LogP contribution in [0.1, 0.15) is 11.1 Å². The molecule has 0 aliphatic carbocycles. The van der Waals surface area contributed by atoms with Gasteiger partial charge in [0, 0.05) is 18.6 Å². The molecule has 0 saturated heterocycles. The van der Waals surface area contributed by atoms with E-state index in [1.54, 1.807) is 62.6 Å². The lowest BCUT2D eigenvalue weighted by Gasteiger charge is -2.37. The molecule has 0 aliphatic heterocycles. The van der Waals surface area contributed by atoms with Gasteiger partial charge in [0.2, 0.25) is 5.91 Å². The van der Waals surface area contributed by atoms with Crippen LogP contribution in [-0.2, 0) is 26.3 Å². The first-order valence-electron chi connectivity index (χ1n) is 9.63. The number of hydrogen-bond donors (Lipinski definition) is 3. The van der Waals surface area contributed by atoms with Crippen molar-refractivity contribution in [2.45, 2.75) is 18.1 Å².